The molecule has 1 aromatic heterocycles. The lowest BCUT2D eigenvalue weighted by Crippen LogP contribution is -2.47. The van der Waals surface area contributed by atoms with Gasteiger partial charge in [0, 0.05) is 24.2 Å². The third-order valence-electron chi connectivity index (χ3n) is 5.21. The Morgan fingerprint density at radius 3 is 2.70 bits per heavy atom. The van der Waals surface area contributed by atoms with Crippen LogP contribution in [0.15, 0.2) is 60.0 Å². The van der Waals surface area contributed by atoms with Gasteiger partial charge in [-0.25, -0.2) is 0 Å². The lowest BCUT2D eigenvalue weighted by molar-refractivity contribution is -0.136. The predicted octanol–water partition coefficient (Wildman–Crippen LogP) is 4.10. The maximum Gasteiger partial charge on any atom is 0.249 e. The zero-order chi connectivity index (χ0) is 18.8. The van der Waals surface area contributed by atoms with E-state index in [1.54, 1.807) is 28.2 Å². The summed E-state index contributed by atoms with van der Waals surface area (Å²) in [6.45, 7) is 0.659. The number of carbonyl (C=O) groups excluding carboxylic acids is 2. The molecule has 0 spiro atoms. The van der Waals surface area contributed by atoms with Gasteiger partial charge in [0.1, 0.15) is 6.04 Å². The highest BCUT2D eigenvalue weighted by Gasteiger charge is 2.35. The van der Waals surface area contributed by atoms with Crippen LogP contribution in [0.25, 0.3) is 10.8 Å². The van der Waals surface area contributed by atoms with Gasteiger partial charge in [-0.1, -0.05) is 36.4 Å². The smallest absolute Gasteiger partial charge is 0.249 e. The van der Waals surface area contributed by atoms with Crippen LogP contribution in [-0.4, -0.2) is 36.3 Å². The monoisotopic (exact) mass is 378 g/mol. The zero-order valence-corrected chi connectivity index (χ0v) is 16.1. The predicted molar refractivity (Wildman–Crippen MR) is 110 cm³/mol. The molecule has 1 saturated heterocycles. The van der Waals surface area contributed by atoms with Gasteiger partial charge in [-0.05, 0) is 47.2 Å². The molecule has 4 rings (SSSR count). The van der Waals surface area contributed by atoms with Crippen molar-refractivity contribution in [3.63, 3.8) is 0 Å². The van der Waals surface area contributed by atoms with E-state index in [-0.39, 0.29) is 17.9 Å². The molecule has 27 heavy (non-hydrogen) atoms. The normalized spacial score (nSPS) is 16.6. The molecule has 1 aliphatic heterocycles. The van der Waals surface area contributed by atoms with Crippen LogP contribution in [0.2, 0.25) is 0 Å². The van der Waals surface area contributed by atoms with Crippen LogP contribution in [0.5, 0.6) is 0 Å². The molecule has 2 heterocycles. The molecule has 2 aromatic carbocycles. The van der Waals surface area contributed by atoms with E-state index >= 15 is 0 Å². The summed E-state index contributed by atoms with van der Waals surface area (Å²) in [6, 6.07) is 17.7. The van der Waals surface area contributed by atoms with E-state index in [1.165, 1.54) is 0 Å². The lowest BCUT2D eigenvalue weighted by Gasteiger charge is -2.28. The summed E-state index contributed by atoms with van der Waals surface area (Å²) in [6.07, 6.45) is 1.98. The molecule has 138 valence electrons. The minimum Gasteiger partial charge on any atom is -0.330 e. The van der Waals surface area contributed by atoms with Crippen molar-refractivity contribution in [2.75, 3.05) is 18.5 Å². The average Bonchev–Trinajstić information content (AvgIpc) is 3.38. The molecule has 1 aliphatic rings. The molecule has 0 N–H and O–H groups in total. The molecular formula is C22H22N2O2S. The number of hydrogen-bond donors (Lipinski definition) is 0. The summed E-state index contributed by atoms with van der Waals surface area (Å²) >= 11 is 1.58. The van der Waals surface area contributed by atoms with E-state index < -0.39 is 0 Å². The maximum atomic E-state index is 13.1. The zero-order valence-electron chi connectivity index (χ0n) is 15.3. The van der Waals surface area contributed by atoms with Gasteiger partial charge in [0.05, 0.1) is 6.42 Å². The number of benzene rings is 2. The Bertz CT molecular complexity index is 967. The molecule has 1 fully saturated rings. The van der Waals surface area contributed by atoms with Crippen molar-refractivity contribution in [2.45, 2.75) is 25.3 Å². The number of hydrogen-bond acceptors (Lipinski definition) is 3. The van der Waals surface area contributed by atoms with E-state index in [1.807, 2.05) is 53.9 Å². The van der Waals surface area contributed by atoms with Crippen LogP contribution in [0.3, 0.4) is 0 Å². The fourth-order valence-corrected chi connectivity index (χ4v) is 4.42. The van der Waals surface area contributed by atoms with Crippen molar-refractivity contribution in [3.05, 3.63) is 64.9 Å². The maximum absolute atomic E-state index is 13.1. The van der Waals surface area contributed by atoms with Crippen LogP contribution in [0.4, 0.5) is 5.69 Å². The quantitative estimate of drug-likeness (QED) is 0.686. The second-order valence-corrected chi connectivity index (χ2v) is 7.96. The number of anilines is 1. The minimum absolute atomic E-state index is 0.0117. The standard InChI is InChI=1S/C22H22N2O2S/c1-23(18-11-10-16-6-2-3-7-17(16)14-18)22(26)20-9-4-12-24(20)21(25)15-19-8-5-13-27-19/h2-3,5-8,10-11,13-14,20H,4,9,12,15H2,1H3. The van der Waals surface area contributed by atoms with Crippen molar-refractivity contribution in [1.29, 1.82) is 0 Å². The van der Waals surface area contributed by atoms with Gasteiger partial charge in [0.2, 0.25) is 11.8 Å². The number of rotatable bonds is 4. The highest BCUT2D eigenvalue weighted by atomic mass is 32.1. The number of nitrogens with zero attached hydrogens (tertiary/aromatic N) is 2. The summed E-state index contributed by atoms with van der Waals surface area (Å²) in [4.78, 5) is 30.4. The number of carbonyl (C=O) groups is 2. The summed E-state index contributed by atoms with van der Waals surface area (Å²) < 4.78 is 0. The summed E-state index contributed by atoms with van der Waals surface area (Å²) in [5.74, 6) is 0.0301. The molecule has 5 heteroatoms. The first-order valence-electron chi connectivity index (χ1n) is 9.22. The van der Waals surface area contributed by atoms with Crippen LogP contribution in [-0.2, 0) is 16.0 Å². The highest BCUT2D eigenvalue weighted by molar-refractivity contribution is 7.10. The fourth-order valence-electron chi connectivity index (χ4n) is 3.72. The van der Waals surface area contributed by atoms with E-state index in [9.17, 15) is 9.59 Å². The van der Waals surface area contributed by atoms with Gasteiger partial charge >= 0.3 is 0 Å². The number of likely N-dealkylation sites (N-methyl/N-ethyl adjacent to an activating group) is 1. The number of fused-ring (bicyclic) bond motifs is 1. The van der Waals surface area contributed by atoms with Gasteiger partial charge in [0.15, 0.2) is 0 Å². The topological polar surface area (TPSA) is 40.6 Å². The van der Waals surface area contributed by atoms with Gasteiger partial charge in [-0.3, -0.25) is 9.59 Å². The van der Waals surface area contributed by atoms with E-state index in [0.717, 1.165) is 34.2 Å². The Morgan fingerprint density at radius 2 is 1.93 bits per heavy atom. The van der Waals surface area contributed by atoms with E-state index in [2.05, 4.69) is 6.07 Å². The second kappa shape index (κ2) is 7.53. The third-order valence-corrected chi connectivity index (χ3v) is 6.09. The molecule has 0 bridgehead atoms. The first-order valence-corrected chi connectivity index (χ1v) is 10.1. The average molecular weight is 378 g/mol. The largest absolute Gasteiger partial charge is 0.330 e. The molecule has 0 saturated carbocycles. The summed E-state index contributed by atoms with van der Waals surface area (Å²) in [7, 11) is 1.80. The van der Waals surface area contributed by atoms with E-state index in [0.29, 0.717) is 13.0 Å². The first kappa shape index (κ1) is 17.7. The third kappa shape index (κ3) is 3.60. The van der Waals surface area contributed by atoms with Crippen molar-refractivity contribution >= 4 is 39.6 Å². The van der Waals surface area contributed by atoms with Crippen molar-refractivity contribution < 1.29 is 9.59 Å². The molecule has 0 radical (unpaired) electrons. The molecule has 1 unspecified atom stereocenters. The Labute approximate surface area is 163 Å². The van der Waals surface area contributed by atoms with Gasteiger partial charge in [-0.2, -0.15) is 0 Å². The molecule has 2 amide bonds. The fraction of sp³-hybridized carbons (Fsp3) is 0.273. The van der Waals surface area contributed by atoms with Crippen LogP contribution in [0, 0.1) is 0 Å². The van der Waals surface area contributed by atoms with Gasteiger partial charge in [-0.15, -0.1) is 11.3 Å². The van der Waals surface area contributed by atoms with Crippen LogP contribution >= 0.6 is 11.3 Å². The lowest BCUT2D eigenvalue weighted by atomic mass is 10.1. The Morgan fingerprint density at radius 1 is 1.11 bits per heavy atom. The molecule has 0 aliphatic carbocycles. The molecule has 1 atom stereocenters. The number of thiophene rings is 1. The van der Waals surface area contributed by atoms with Gasteiger partial charge < -0.3 is 9.80 Å². The van der Waals surface area contributed by atoms with Crippen LogP contribution in [0.1, 0.15) is 17.7 Å². The van der Waals surface area contributed by atoms with Gasteiger partial charge in [0.25, 0.3) is 0 Å². The first-order chi connectivity index (χ1) is 13.1. The Hall–Kier alpha value is -2.66. The molecular weight excluding hydrogens is 356 g/mol. The van der Waals surface area contributed by atoms with E-state index in [4.69, 9.17) is 0 Å². The van der Waals surface area contributed by atoms with Crippen molar-refractivity contribution in [2.24, 2.45) is 0 Å². The molecule has 4 nitrogen and oxygen atoms in total. The number of likely N-dealkylation sites (tertiary alicyclic amines) is 1. The SMILES string of the molecule is CN(C(=O)C1CCCN1C(=O)Cc1cccs1)c1ccc2ccccc2c1. The number of amides is 2. The summed E-state index contributed by atoms with van der Waals surface area (Å²) in [5.41, 5.74) is 0.858. The highest BCUT2D eigenvalue weighted by Crippen LogP contribution is 2.26. The Kier molecular flexibility index (Phi) is 4.94. The minimum atomic E-state index is -0.367. The second-order valence-electron chi connectivity index (χ2n) is 6.93. The van der Waals surface area contributed by atoms with Crippen LogP contribution < -0.4 is 4.90 Å². The Balaban J connectivity index is 1.52. The molecule has 3 aromatic rings. The summed E-state index contributed by atoms with van der Waals surface area (Å²) in [5, 5.41) is 4.23. The van der Waals surface area contributed by atoms with Crippen molar-refractivity contribution in [1.82, 2.24) is 4.90 Å². The van der Waals surface area contributed by atoms with Crippen molar-refractivity contribution in [3.8, 4) is 0 Å².